The second kappa shape index (κ2) is 4.91. The quantitative estimate of drug-likeness (QED) is 0.779. The van der Waals surface area contributed by atoms with E-state index >= 15 is 0 Å². The standard InChI is InChI=1S/C10H17N3O/c1-7(2)9(11)4-8-5-10(14-3)13-6-12-8/h5-7,9H,4,11H2,1-3H3. The molecule has 1 rings (SSSR count). The highest BCUT2D eigenvalue weighted by Gasteiger charge is 2.09. The first-order valence-electron chi connectivity index (χ1n) is 4.74. The molecule has 2 N–H and O–H groups in total. The highest BCUT2D eigenvalue weighted by atomic mass is 16.5. The molecule has 14 heavy (non-hydrogen) atoms. The first-order valence-corrected chi connectivity index (χ1v) is 4.74. The molecule has 1 aromatic rings. The van der Waals surface area contributed by atoms with Crippen molar-refractivity contribution >= 4 is 0 Å². The van der Waals surface area contributed by atoms with Crippen LogP contribution in [0.3, 0.4) is 0 Å². The Labute approximate surface area is 84.5 Å². The van der Waals surface area contributed by atoms with Gasteiger partial charge in [-0.05, 0) is 5.92 Å². The van der Waals surface area contributed by atoms with Crippen LogP contribution in [-0.2, 0) is 6.42 Å². The van der Waals surface area contributed by atoms with Gasteiger partial charge in [-0.25, -0.2) is 9.97 Å². The minimum Gasteiger partial charge on any atom is -0.481 e. The summed E-state index contributed by atoms with van der Waals surface area (Å²) in [4.78, 5) is 8.07. The monoisotopic (exact) mass is 195 g/mol. The summed E-state index contributed by atoms with van der Waals surface area (Å²) in [7, 11) is 1.59. The van der Waals surface area contributed by atoms with Crippen LogP contribution in [0.25, 0.3) is 0 Å². The molecule has 4 heteroatoms. The molecule has 0 saturated carbocycles. The molecule has 1 unspecified atom stereocenters. The summed E-state index contributed by atoms with van der Waals surface area (Å²) in [6.45, 7) is 4.20. The van der Waals surface area contributed by atoms with Crippen molar-refractivity contribution < 1.29 is 4.74 Å². The zero-order valence-electron chi connectivity index (χ0n) is 8.90. The van der Waals surface area contributed by atoms with Gasteiger partial charge in [0, 0.05) is 24.2 Å². The lowest BCUT2D eigenvalue weighted by Crippen LogP contribution is -2.29. The molecule has 0 bridgehead atoms. The topological polar surface area (TPSA) is 61.0 Å². The fourth-order valence-electron chi connectivity index (χ4n) is 1.08. The molecule has 0 fully saturated rings. The molecule has 0 amide bonds. The van der Waals surface area contributed by atoms with Gasteiger partial charge in [0.25, 0.3) is 0 Å². The van der Waals surface area contributed by atoms with Gasteiger partial charge in [-0.3, -0.25) is 0 Å². The molecule has 0 aliphatic carbocycles. The Balaban J connectivity index is 2.66. The van der Waals surface area contributed by atoms with E-state index in [1.165, 1.54) is 6.33 Å². The molecule has 0 aliphatic heterocycles. The Morgan fingerprint density at radius 3 is 2.71 bits per heavy atom. The van der Waals surface area contributed by atoms with E-state index in [-0.39, 0.29) is 6.04 Å². The first-order chi connectivity index (χ1) is 6.63. The van der Waals surface area contributed by atoms with Crippen molar-refractivity contribution in [3.05, 3.63) is 18.1 Å². The fraction of sp³-hybridized carbons (Fsp3) is 0.600. The molecule has 0 spiro atoms. The zero-order chi connectivity index (χ0) is 10.6. The maximum Gasteiger partial charge on any atom is 0.216 e. The number of nitrogens with two attached hydrogens (primary N) is 1. The van der Waals surface area contributed by atoms with E-state index in [1.54, 1.807) is 7.11 Å². The number of aromatic nitrogens is 2. The predicted octanol–water partition coefficient (Wildman–Crippen LogP) is 1.01. The van der Waals surface area contributed by atoms with Gasteiger partial charge in [0.05, 0.1) is 7.11 Å². The highest BCUT2D eigenvalue weighted by Crippen LogP contribution is 2.10. The van der Waals surface area contributed by atoms with Crippen LogP contribution in [-0.4, -0.2) is 23.1 Å². The zero-order valence-corrected chi connectivity index (χ0v) is 8.90. The van der Waals surface area contributed by atoms with Gasteiger partial charge in [0.1, 0.15) is 6.33 Å². The molecule has 0 aromatic carbocycles. The molecular formula is C10H17N3O. The van der Waals surface area contributed by atoms with Crippen LogP contribution in [0.2, 0.25) is 0 Å². The van der Waals surface area contributed by atoms with Gasteiger partial charge in [-0.15, -0.1) is 0 Å². The molecule has 0 saturated heterocycles. The number of hydrogen-bond donors (Lipinski definition) is 1. The Kier molecular flexibility index (Phi) is 3.83. The van der Waals surface area contributed by atoms with Crippen LogP contribution in [0, 0.1) is 5.92 Å². The molecule has 4 nitrogen and oxygen atoms in total. The number of hydrogen-bond acceptors (Lipinski definition) is 4. The van der Waals surface area contributed by atoms with Crippen LogP contribution >= 0.6 is 0 Å². The molecule has 0 radical (unpaired) electrons. The largest absolute Gasteiger partial charge is 0.481 e. The third-order valence-corrected chi connectivity index (χ3v) is 2.21. The number of methoxy groups -OCH3 is 1. The summed E-state index contributed by atoms with van der Waals surface area (Å²) < 4.78 is 5.00. The molecular weight excluding hydrogens is 178 g/mol. The van der Waals surface area contributed by atoms with Gasteiger partial charge in [-0.1, -0.05) is 13.8 Å². The first kappa shape index (κ1) is 10.9. The SMILES string of the molecule is COc1cc(CC(N)C(C)C)ncn1. The second-order valence-electron chi connectivity index (χ2n) is 3.66. The smallest absolute Gasteiger partial charge is 0.216 e. The van der Waals surface area contributed by atoms with Crippen molar-refractivity contribution in [1.82, 2.24) is 9.97 Å². The third kappa shape index (κ3) is 2.96. The Bertz CT molecular complexity index is 288. The summed E-state index contributed by atoms with van der Waals surface area (Å²) in [6.07, 6.45) is 2.26. The molecule has 78 valence electrons. The molecule has 1 atom stereocenters. The van der Waals surface area contributed by atoms with Gasteiger partial charge >= 0.3 is 0 Å². The average molecular weight is 195 g/mol. The molecule has 1 aromatic heterocycles. The fourth-order valence-corrected chi connectivity index (χ4v) is 1.08. The maximum absolute atomic E-state index is 5.94. The van der Waals surface area contributed by atoms with Crippen LogP contribution in [0.4, 0.5) is 0 Å². The second-order valence-corrected chi connectivity index (χ2v) is 3.66. The molecule has 1 heterocycles. The minimum atomic E-state index is 0.134. The Morgan fingerprint density at radius 2 is 2.14 bits per heavy atom. The summed E-state index contributed by atoms with van der Waals surface area (Å²) >= 11 is 0. The number of rotatable bonds is 4. The number of ether oxygens (including phenoxy) is 1. The highest BCUT2D eigenvalue weighted by molar-refractivity contribution is 5.14. The van der Waals surface area contributed by atoms with E-state index in [0.717, 1.165) is 12.1 Å². The van der Waals surface area contributed by atoms with Crippen LogP contribution < -0.4 is 10.5 Å². The Morgan fingerprint density at radius 1 is 1.43 bits per heavy atom. The van der Waals surface area contributed by atoms with Crippen molar-refractivity contribution in [3.8, 4) is 5.88 Å². The lowest BCUT2D eigenvalue weighted by molar-refractivity contribution is 0.394. The summed E-state index contributed by atoms with van der Waals surface area (Å²) in [5.41, 5.74) is 6.87. The third-order valence-electron chi connectivity index (χ3n) is 2.21. The van der Waals surface area contributed by atoms with E-state index in [2.05, 4.69) is 23.8 Å². The van der Waals surface area contributed by atoms with E-state index in [4.69, 9.17) is 10.5 Å². The van der Waals surface area contributed by atoms with Crippen molar-refractivity contribution in [1.29, 1.82) is 0 Å². The van der Waals surface area contributed by atoms with Crippen molar-refractivity contribution in [2.24, 2.45) is 11.7 Å². The van der Waals surface area contributed by atoms with E-state index in [9.17, 15) is 0 Å². The lowest BCUT2D eigenvalue weighted by Gasteiger charge is -2.14. The van der Waals surface area contributed by atoms with Gasteiger partial charge in [0.15, 0.2) is 0 Å². The van der Waals surface area contributed by atoms with Gasteiger partial charge < -0.3 is 10.5 Å². The normalized spacial score (nSPS) is 12.9. The maximum atomic E-state index is 5.94. The van der Waals surface area contributed by atoms with Crippen molar-refractivity contribution in [2.45, 2.75) is 26.3 Å². The van der Waals surface area contributed by atoms with Crippen molar-refractivity contribution in [3.63, 3.8) is 0 Å². The van der Waals surface area contributed by atoms with Crippen LogP contribution in [0.15, 0.2) is 12.4 Å². The van der Waals surface area contributed by atoms with Crippen LogP contribution in [0.5, 0.6) is 5.88 Å². The summed E-state index contributed by atoms with van der Waals surface area (Å²) in [5.74, 6) is 1.04. The summed E-state index contributed by atoms with van der Waals surface area (Å²) in [6, 6.07) is 1.96. The van der Waals surface area contributed by atoms with E-state index in [1.807, 2.05) is 6.07 Å². The lowest BCUT2D eigenvalue weighted by atomic mass is 10.0. The van der Waals surface area contributed by atoms with Gasteiger partial charge in [-0.2, -0.15) is 0 Å². The van der Waals surface area contributed by atoms with Gasteiger partial charge in [0.2, 0.25) is 5.88 Å². The van der Waals surface area contributed by atoms with E-state index in [0.29, 0.717) is 11.8 Å². The van der Waals surface area contributed by atoms with Crippen molar-refractivity contribution in [2.75, 3.05) is 7.11 Å². The Hall–Kier alpha value is -1.16. The van der Waals surface area contributed by atoms with Crippen LogP contribution in [0.1, 0.15) is 19.5 Å². The number of nitrogens with zero attached hydrogens (tertiary/aromatic N) is 2. The minimum absolute atomic E-state index is 0.134. The predicted molar refractivity (Wildman–Crippen MR) is 55.1 cm³/mol. The van der Waals surface area contributed by atoms with E-state index < -0.39 is 0 Å². The average Bonchev–Trinajstić information content (AvgIpc) is 2.18. The summed E-state index contributed by atoms with van der Waals surface area (Å²) in [5, 5.41) is 0. The molecule has 0 aliphatic rings.